The molecule has 88 valence electrons. The van der Waals surface area contributed by atoms with Crippen molar-refractivity contribution in [2.75, 3.05) is 5.73 Å². The van der Waals surface area contributed by atoms with Crippen molar-refractivity contribution in [3.8, 4) is 0 Å². The molecule has 0 aliphatic heterocycles. The number of nitrogens with two attached hydrogens (primary N) is 1. The minimum Gasteiger partial charge on any atom is -0.383 e. The van der Waals surface area contributed by atoms with Gasteiger partial charge in [0.05, 0.1) is 13.2 Å². The number of nitrogen functional groups attached to an aromatic ring is 1. The quantitative estimate of drug-likeness (QED) is 0.942. The highest BCUT2D eigenvalue weighted by molar-refractivity contribution is 9.10. The smallest absolute Gasteiger partial charge is 0.128 e. The predicted molar refractivity (Wildman–Crippen MR) is 71.3 cm³/mol. The van der Waals surface area contributed by atoms with Crippen LogP contribution in [0.15, 0.2) is 47.1 Å². The van der Waals surface area contributed by atoms with Gasteiger partial charge in [0.1, 0.15) is 5.82 Å². The van der Waals surface area contributed by atoms with E-state index in [-0.39, 0.29) is 0 Å². The lowest BCUT2D eigenvalue weighted by Crippen LogP contribution is -2.00. The van der Waals surface area contributed by atoms with Crippen LogP contribution in [0.2, 0.25) is 0 Å². The lowest BCUT2D eigenvalue weighted by molar-refractivity contribution is 0.107. The molecule has 0 saturated heterocycles. The summed E-state index contributed by atoms with van der Waals surface area (Å²) in [6.07, 6.45) is 1.67. The van der Waals surface area contributed by atoms with Gasteiger partial charge in [-0.3, -0.25) is 0 Å². The monoisotopic (exact) mass is 292 g/mol. The third kappa shape index (κ3) is 3.28. The number of pyridine rings is 1. The highest BCUT2D eigenvalue weighted by Gasteiger charge is 2.01. The van der Waals surface area contributed by atoms with Crippen molar-refractivity contribution in [2.45, 2.75) is 13.2 Å². The Hall–Kier alpha value is -1.39. The Bertz CT molecular complexity index is 457. The zero-order valence-corrected chi connectivity index (χ0v) is 10.9. The van der Waals surface area contributed by atoms with E-state index in [0.717, 1.165) is 15.6 Å². The second-order valence-corrected chi connectivity index (χ2v) is 4.49. The first-order valence-corrected chi connectivity index (χ1v) is 6.07. The van der Waals surface area contributed by atoms with Gasteiger partial charge in [-0.25, -0.2) is 4.98 Å². The molecule has 17 heavy (non-hydrogen) atoms. The third-order valence-electron chi connectivity index (χ3n) is 2.40. The molecule has 0 amide bonds. The number of halogens is 1. The number of hydrogen-bond acceptors (Lipinski definition) is 3. The van der Waals surface area contributed by atoms with E-state index < -0.39 is 0 Å². The Balaban J connectivity index is 1.93. The van der Waals surface area contributed by atoms with E-state index in [2.05, 4.69) is 20.9 Å². The molecule has 0 fully saturated rings. The topological polar surface area (TPSA) is 48.1 Å². The molecule has 1 heterocycles. The van der Waals surface area contributed by atoms with Gasteiger partial charge in [0, 0.05) is 16.2 Å². The lowest BCUT2D eigenvalue weighted by atomic mass is 10.2. The molecule has 2 rings (SSSR count). The van der Waals surface area contributed by atoms with Crippen molar-refractivity contribution in [1.29, 1.82) is 0 Å². The van der Waals surface area contributed by atoms with Crippen LogP contribution in [0.3, 0.4) is 0 Å². The first-order valence-electron chi connectivity index (χ1n) is 5.28. The first-order chi connectivity index (χ1) is 8.27. The highest BCUT2D eigenvalue weighted by atomic mass is 79.9. The summed E-state index contributed by atoms with van der Waals surface area (Å²) in [6, 6.07) is 11.8. The third-order valence-corrected chi connectivity index (χ3v) is 3.17. The average Bonchev–Trinajstić information content (AvgIpc) is 2.34. The minimum absolute atomic E-state index is 0.473. The van der Waals surface area contributed by atoms with E-state index in [9.17, 15) is 0 Å². The van der Waals surface area contributed by atoms with E-state index in [0.29, 0.717) is 19.0 Å². The second-order valence-electron chi connectivity index (χ2n) is 3.63. The van der Waals surface area contributed by atoms with Crippen LogP contribution >= 0.6 is 15.9 Å². The zero-order valence-electron chi connectivity index (χ0n) is 9.27. The Morgan fingerprint density at radius 2 is 1.76 bits per heavy atom. The van der Waals surface area contributed by atoms with Crippen LogP contribution < -0.4 is 5.73 Å². The molecule has 0 bridgehead atoms. The summed E-state index contributed by atoms with van der Waals surface area (Å²) in [5.41, 5.74) is 7.77. The summed E-state index contributed by atoms with van der Waals surface area (Å²) >= 11 is 3.48. The second kappa shape index (κ2) is 5.80. The Morgan fingerprint density at radius 1 is 1.06 bits per heavy atom. The molecular weight excluding hydrogens is 280 g/mol. The van der Waals surface area contributed by atoms with Gasteiger partial charge >= 0.3 is 0 Å². The number of nitrogens with zero attached hydrogens (tertiary/aromatic N) is 1. The molecular formula is C13H13BrN2O. The van der Waals surface area contributed by atoms with Crippen molar-refractivity contribution in [3.05, 3.63) is 58.2 Å². The number of hydrogen-bond donors (Lipinski definition) is 1. The van der Waals surface area contributed by atoms with Gasteiger partial charge in [-0.15, -0.1) is 0 Å². The molecule has 0 aliphatic rings. The van der Waals surface area contributed by atoms with Crippen molar-refractivity contribution >= 4 is 21.7 Å². The van der Waals surface area contributed by atoms with Crippen molar-refractivity contribution in [3.63, 3.8) is 0 Å². The number of benzene rings is 1. The minimum atomic E-state index is 0.473. The summed E-state index contributed by atoms with van der Waals surface area (Å²) in [6.45, 7) is 1.02. The molecule has 0 atom stereocenters. The van der Waals surface area contributed by atoms with Crippen LogP contribution in [0.5, 0.6) is 0 Å². The van der Waals surface area contributed by atoms with Crippen LogP contribution in [0.4, 0.5) is 5.82 Å². The average molecular weight is 293 g/mol. The van der Waals surface area contributed by atoms with Crippen LogP contribution in [0, 0.1) is 0 Å². The van der Waals surface area contributed by atoms with Crippen LogP contribution in [-0.2, 0) is 18.0 Å². The van der Waals surface area contributed by atoms with E-state index in [4.69, 9.17) is 10.5 Å². The highest BCUT2D eigenvalue weighted by Crippen LogP contribution is 2.17. The fraction of sp³-hybridized carbons (Fsp3) is 0.154. The number of anilines is 1. The van der Waals surface area contributed by atoms with Gasteiger partial charge in [0.15, 0.2) is 0 Å². The molecule has 2 aromatic rings. The molecule has 0 unspecified atom stereocenters. The van der Waals surface area contributed by atoms with Gasteiger partial charge < -0.3 is 10.5 Å². The molecule has 3 nitrogen and oxygen atoms in total. The standard InChI is InChI=1S/C13H13BrN2O/c14-12-6-2-1-4-10(12)8-17-9-11-5-3-7-16-13(11)15/h1-7H,8-9H2,(H2,15,16). The molecule has 1 aromatic heterocycles. The molecule has 0 radical (unpaired) electrons. The largest absolute Gasteiger partial charge is 0.383 e. The molecule has 0 spiro atoms. The molecule has 0 aliphatic carbocycles. The van der Waals surface area contributed by atoms with E-state index in [1.807, 2.05) is 36.4 Å². The maximum absolute atomic E-state index is 5.73. The fourth-order valence-corrected chi connectivity index (χ4v) is 1.86. The first kappa shape index (κ1) is 12.1. The van der Waals surface area contributed by atoms with Gasteiger partial charge in [-0.1, -0.05) is 40.2 Å². The Labute approximate surface area is 109 Å². The van der Waals surface area contributed by atoms with Crippen LogP contribution in [0.1, 0.15) is 11.1 Å². The molecule has 2 N–H and O–H groups in total. The van der Waals surface area contributed by atoms with Gasteiger partial charge in [0.25, 0.3) is 0 Å². The maximum Gasteiger partial charge on any atom is 0.128 e. The molecule has 1 aromatic carbocycles. The Morgan fingerprint density at radius 3 is 2.53 bits per heavy atom. The van der Waals surface area contributed by atoms with Gasteiger partial charge in [-0.2, -0.15) is 0 Å². The molecule has 4 heteroatoms. The predicted octanol–water partition coefficient (Wildman–Crippen LogP) is 3.14. The summed E-state index contributed by atoms with van der Waals surface area (Å²) < 4.78 is 6.67. The number of aromatic nitrogens is 1. The number of ether oxygens (including phenoxy) is 1. The SMILES string of the molecule is Nc1ncccc1COCc1ccccc1Br. The molecule has 0 saturated carbocycles. The van der Waals surface area contributed by atoms with Crippen molar-refractivity contribution in [2.24, 2.45) is 0 Å². The van der Waals surface area contributed by atoms with E-state index in [1.54, 1.807) is 6.20 Å². The van der Waals surface area contributed by atoms with E-state index >= 15 is 0 Å². The number of rotatable bonds is 4. The van der Waals surface area contributed by atoms with E-state index in [1.165, 1.54) is 0 Å². The summed E-state index contributed by atoms with van der Waals surface area (Å²) in [5.74, 6) is 0.527. The Kier molecular flexibility index (Phi) is 4.12. The van der Waals surface area contributed by atoms with Crippen molar-refractivity contribution in [1.82, 2.24) is 4.98 Å². The van der Waals surface area contributed by atoms with Crippen LogP contribution in [0.25, 0.3) is 0 Å². The summed E-state index contributed by atoms with van der Waals surface area (Å²) in [7, 11) is 0. The summed E-state index contributed by atoms with van der Waals surface area (Å²) in [5, 5.41) is 0. The zero-order chi connectivity index (χ0) is 12.1. The fourth-order valence-electron chi connectivity index (χ4n) is 1.46. The normalized spacial score (nSPS) is 10.4. The van der Waals surface area contributed by atoms with Crippen LogP contribution in [-0.4, -0.2) is 4.98 Å². The maximum atomic E-state index is 5.73. The summed E-state index contributed by atoms with van der Waals surface area (Å²) in [4.78, 5) is 4.01. The van der Waals surface area contributed by atoms with Gasteiger partial charge in [0.2, 0.25) is 0 Å². The van der Waals surface area contributed by atoms with Gasteiger partial charge in [-0.05, 0) is 17.7 Å². The van der Waals surface area contributed by atoms with Crippen molar-refractivity contribution < 1.29 is 4.74 Å². The lowest BCUT2D eigenvalue weighted by Gasteiger charge is -2.07.